The molecular formula is C19H14Cl2F4O4. The van der Waals surface area contributed by atoms with Crippen LogP contribution in [0.4, 0.5) is 17.6 Å². The van der Waals surface area contributed by atoms with E-state index < -0.39 is 51.4 Å². The Morgan fingerprint density at radius 2 is 1.66 bits per heavy atom. The third-order valence-corrected chi connectivity index (χ3v) is 4.85. The van der Waals surface area contributed by atoms with Crippen molar-refractivity contribution in [2.45, 2.75) is 25.1 Å². The molecule has 2 aromatic carbocycles. The van der Waals surface area contributed by atoms with Crippen molar-refractivity contribution in [1.82, 2.24) is 0 Å². The predicted octanol–water partition coefficient (Wildman–Crippen LogP) is 5.25. The van der Waals surface area contributed by atoms with Gasteiger partial charge in [0.1, 0.15) is 0 Å². The molecule has 0 bridgehead atoms. The largest absolute Gasteiger partial charge is 0.465 e. The second-order valence-electron chi connectivity index (χ2n) is 6.23. The van der Waals surface area contributed by atoms with Crippen LogP contribution in [-0.2, 0) is 10.3 Å². The van der Waals surface area contributed by atoms with E-state index in [1.165, 1.54) is 19.1 Å². The minimum atomic E-state index is -5.30. The number of rotatable bonds is 5. The van der Waals surface area contributed by atoms with Gasteiger partial charge in [-0.15, -0.1) is 0 Å². The molecule has 1 atom stereocenters. The summed E-state index contributed by atoms with van der Waals surface area (Å²) in [6.07, 6.45) is -6.71. The summed E-state index contributed by atoms with van der Waals surface area (Å²) in [5, 5.41) is 8.91. The quantitative estimate of drug-likeness (QED) is 0.291. The highest BCUT2D eigenvalue weighted by molar-refractivity contribution is 6.35. The Bertz CT molecular complexity index is 952. The van der Waals surface area contributed by atoms with Crippen molar-refractivity contribution < 1.29 is 37.0 Å². The van der Waals surface area contributed by atoms with Crippen molar-refractivity contribution in [2.75, 3.05) is 7.11 Å². The molecule has 1 N–H and O–H groups in total. The van der Waals surface area contributed by atoms with E-state index in [4.69, 9.17) is 23.2 Å². The van der Waals surface area contributed by atoms with Crippen LogP contribution in [0.25, 0.3) is 0 Å². The summed E-state index contributed by atoms with van der Waals surface area (Å²) in [6, 6.07) is 4.70. The van der Waals surface area contributed by atoms with E-state index in [0.717, 1.165) is 13.2 Å². The molecule has 29 heavy (non-hydrogen) atoms. The molecule has 2 rings (SSSR count). The molecule has 10 heteroatoms. The molecule has 0 aliphatic carbocycles. The smallest absolute Gasteiger partial charge is 0.421 e. The van der Waals surface area contributed by atoms with Crippen molar-refractivity contribution in [3.63, 3.8) is 0 Å². The maximum absolute atomic E-state index is 13.7. The van der Waals surface area contributed by atoms with E-state index in [1.807, 2.05) is 0 Å². The number of ether oxygens (including phenoxy) is 1. The molecule has 2 aromatic rings. The number of Topliss-reactive ketones (excluding diaryl/α,β-unsaturated/α-hetero) is 1. The van der Waals surface area contributed by atoms with E-state index in [2.05, 4.69) is 4.74 Å². The second kappa shape index (κ2) is 8.30. The van der Waals surface area contributed by atoms with Crippen molar-refractivity contribution in [1.29, 1.82) is 0 Å². The number of halogens is 6. The van der Waals surface area contributed by atoms with Crippen LogP contribution in [0.3, 0.4) is 0 Å². The third kappa shape index (κ3) is 4.55. The molecule has 0 radical (unpaired) electrons. The lowest BCUT2D eigenvalue weighted by atomic mass is 9.86. The van der Waals surface area contributed by atoms with Gasteiger partial charge in [-0.05, 0) is 42.3 Å². The van der Waals surface area contributed by atoms with E-state index in [0.29, 0.717) is 17.7 Å². The van der Waals surface area contributed by atoms with Crippen LogP contribution in [0.15, 0.2) is 30.3 Å². The van der Waals surface area contributed by atoms with Crippen LogP contribution in [0.5, 0.6) is 0 Å². The Labute approximate surface area is 173 Å². The fraction of sp³-hybridized carbons (Fsp3) is 0.263. The zero-order chi connectivity index (χ0) is 22.1. The van der Waals surface area contributed by atoms with Crippen LogP contribution >= 0.6 is 23.2 Å². The number of benzene rings is 2. The number of methoxy groups -OCH3 is 1. The zero-order valence-electron chi connectivity index (χ0n) is 15.0. The van der Waals surface area contributed by atoms with Gasteiger partial charge in [-0.2, -0.15) is 13.2 Å². The van der Waals surface area contributed by atoms with Gasteiger partial charge in [-0.25, -0.2) is 9.18 Å². The number of esters is 1. The van der Waals surface area contributed by atoms with Gasteiger partial charge in [0.05, 0.1) is 29.1 Å². The SMILES string of the molecule is COC(=O)c1ccc(C(=O)CC(O)(c2cc(Cl)c(F)c(Cl)c2)C(F)(F)F)cc1C. The Hall–Kier alpha value is -2.16. The number of alkyl halides is 3. The van der Waals surface area contributed by atoms with E-state index >= 15 is 0 Å². The fourth-order valence-corrected chi connectivity index (χ4v) is 3.16. The van der Waals surface area contributed by atoms with Crippen LogP contribution in [0.1, 0.15) is 38.3 Å². The standard InChI is InChI=1S/C19H14Cl2F4O4/c1-9-5-10(3-4-12(9)17(27)29-2)15(26)8-18(28,19(23,24)25)11-6-13(20)16(22)14(21)7-11/h3-7,28H,8H2,1-2H3. The molecule has 0 fully saturated rings. The summed E-state index contributed by atoms with van der Waals surface area (Å²) >= 11 is 11.1. The maximum Gasteiger partial charge on any atom is 0.421 e. The van der Waals surface area contributed by atoms with Crippen LogP contribution < -0.4 is 0 Å². The van der Waals surface area contributed by atoms with Crippen molar-refractivity contribution in [3.8, 4) is 0 Å². The summed E-state index contributed by atoms with van der Waals surface area (Å²) in [6.45, 7) is 1.47. The molecule has 0 saturated heterocycles. The van der Waals surface area contributed by atoms with Crippen LogP contribution in [-0.4, -0.2) is 30.1 Å². The average molecular weight is 453 g/mol. The van der Waals surface area contributed by atoms with Gasteiger partial charge in [0.25, 0.3) is 0 Å². The number of hydrogen-bond donors (Lipinski definition) is 1. The number of carbonyl (C=O) groups is 2. The monoisotopic (exact) mass is 452 g/mol. The number of ketones is 1. The molecule has 156 valence electrons. The minimum absolute atomic E-state index is 0.132. The molecular weight excluding hydrogens is 439 g/mol. The lowest BCUT2D eigenvalue weighted by Crippen LogP contribution is -2.44. The summed E-state index contributed by atoms with van der Waals surface area (Å²) in [7, 11) is 1.16. The number of aryl methyl sites for hydroxylation is 1. The lowest BCUT2D eigenvalue weighted by Gasteiger charge is -2.31. The highest BCUT2D eigenvalue weighted by Gasteiger charge is 2.56. The molecule has 0 amide bonds. The Morgan fingerprint density at radius 1 is 1.10 bits per heavy atom. The third-order valence-electron chi connectivity index (χ3n) is 4.30. The normalized spacial score (nSPS) is 13.7. The highest BCUT2D eigenvalue weighted by Crippen LogP contribution is 2.44. The zero-order valence-corrected chi connectivity index (χ0v) is 16.5. The van der Waals surface area contributed by atoms with Gasteiger partial charge in [0.2, 0.25) is 0 Å². The molecule has 0 heterocycles. The van der Waals surface area contributed by atoms with E-state index in [9.17, 15) is 32.3 Å². The highest BCUT2D eigenvalue weighted by atomic mass is 35.5. The van der Waals surface area contributed by atoms with Gasteiger partial charge >= 0.3 is 12.1 Å². The minimum Gasteiger partial charge on any atom is -0.465 e. The first kappa shape index (κ1) is 23.1. The summed E-state index contributed by atoms with van der Waals surface area (Å²) in [4.78, 5) is 24.1. The number of hydrogen-bond acceptors (Lipinski definition) is 4. The molecule has 0 saturated carbocycles. The lowest BCUT2D eigenvalue weighted by molar-refractivity contribution is -0.264. The molecule has 4 nitrogen and oxygen atoms in total. The van der Waals surface area contributed by atoms with Crippen LogP contribution in [0, 0.1) is 12.7 Å². The van der Waals surface area contributed by atoms with E-state index in [1.54, 1.807) is 0 Å². The summed E-state index contributed by atoms with van der Waals surface area (Å²) in [5.74, 6) is -2.90. The number of carbonyl (C=O) groups excluding carboxylic acids is 2. The fourth-order valence-electron chi connectivity index (χ4n) is 2.67. The molecule has 0 spiro atoms. The van der Waals surface area contributed by atoms with Gasteiger partial charge in [0, 0.05) is 5.56 Å². The first-order valence-corrected chi connectivity index (χ1v) is 8.73. The summed E-state index contributed by atoms with van der Waals surface area (Å²) in [5.41, 5.74) is -4.28. The molecule has 0 aromatic heterocycles. The Kier molecular flexibility index (Phi) is 6.61. The number of aliphatic hydroxyl groups is 1. The molecule has 0 aliphatic heterocycles. The average Bonchev–Trinajstić information content (AvgIpc) is 2.63. The van der Waals surface area contributed by atoms with Crippen molar-refractivity contribution >= 4 is 35.0 Å². The molecule has 1 unspecified atom stereocenters. The summed E-state index contributed by atoms with van der Waals surface area (Å²) < 4.78 is 59.2. The predicted molar refractivity (Wildman–Crippen MR) is 97.8 cm³/mol. The van der Waals surface area contributed by atoms with Gasteiger partial charge in [-0.1, -0.05) is 29.3 Å². The maximum atomic E-state index is 13.7. The van der Waals surface area contributed by atoms with E-state index in [-0.39, 0.29) is 11.1 Å². The molecule has 0 aliphatic rings. The topological polar surface area (TPSA) is 63.6 Å². The first-order chi connectivity index (χ1) is 13.3. The van der Waals surface area contributed by atoms with Crippen molar-refractivity contribution in [2.24, 2.45) is 0 Å². The van der Waals surface area contributed by atoms with Gasteiger partial charge in [0.15, 0.2) is 17.2 Å². The second-order valence-corrected chi connectivity index (χ2v) is 7.05. The van der Waals surface area contributed by atoms with Gasteiger partial charge in [-0.3, -0.25) is 4.79 Å². The Balaban J connectivity index is 2.47. The van der Waals surface area contributed by atoms with Gasteiger partial charge < -0.3 is 9.84 Å². The van der Waals surface area contributed by atoms with Crippen LogP contribution in [0.2, 0.25) is 10.0 Å². The Morgan fingerprint density at radius 3 is 2.10 bits per heavy atom. The first-order valence-electron chi connectivity index (χ1n) is 7.98. The van der Waals surface area contributed by atoms with Crippen molar-refractivity contribution in [3.05, 3.63) is 68.4 Å².